The van der Waals surface area contributed by atoms with Crippen molar-refractivity contribution in [1.29, 1.82) is 0 Å². The molecule has 0 saturated heterocycles. The van der Waals surface area contributed by atoms with Crippen LogP contribution in [0, 0.1) is 5.41 Å². The molecule has 128 valence electrons. The monoisotopic (exact) mass is 438 g/mol. The third kappa shape index (κ3) is 5.49. The fourth-order valence-electron chi connectivity index (χ4n) is 1.97. The van der Waals surface area contributed by atoms with E-state index >= 15 is 0 Å². The predicted molar refractivity (Wildman–Crippen MR) is 105 cm³/mol. The van der Waals surface area contributed by atoms with E-state index in [9.17, 15) is 4.79 Å². The predicted octanol–water partition coefficient (Wildman–Crippen LogP) is 5.47. The van der Waals surface area contributed by atoms with Gasteiger partial charge in [0.05, 0.1) is 18.6 Å². The summed E-state index contributed by atoms with van der Waals surface area (Å²) in [4.78, 5) is 12.3. The van der Waals surface area contributed by atoms with Gasteiger partial charge in [-0.05, 0) is 73.1 Å². The van der Waals surface area contributed by atoms with E-state index < -0.39 is 13.7 Å². The quantitative estimate of drug-likeness (QED) is 0.239. The van der Waals surface area contributed by atoms with Crippen LogP contribution in [0.2, 0.25) is 18.1 Å². The molecule has 0 aliphatic rings. The minimum absolute atomic E-state index is 0.0685. The minimum Gasteiger partial charge on any atom is -0.469 e. The van der Waals surface area contributed by atoms with E-state index in [4.69, 9.17) is 9.16 Å². The summed E-state index contributed by atoms with van der Waals surface area (Å²) in [5, 5.41) is 0.0685. The second-order valence-electron chi connectivity index (χ2n) is 7.81. The Morgan fingerprint density at radius 1 is 1.23 bits per heavy atom. The average molecular weight is 438 g/mol. The zero-order valence-corrected chi connectivity index (χ0v) is 18.6. The molecule has 22 heavy (non-hydrogen) atoms. The van der Waals surface area contributed by atoms with E-state index in [-0.39, 0.29) is 17.1 Å². The van der Waals surface area contributed by atoms with Crippen LogP contribution in [0.15, 0.2) is 21.8 Å². The molecule has 0 heterocycles. The summed E-state index contributed by atoms with van der Waals surface area (Å²) < 4.78 is 12.5. The number of methoxy groups -OCH3 is 1. The highest BCUT2D eigenvalue weighted by atomic mass is 127. The lowest BCUT2D eigenvalue weighted by Gasteiger charge is -2.43. The maximum absolute atomic E-state index is 12.3. The van der Waals surface area contributed by atoms with Crippen molar-refractivity contribution in [3.8, 4) is 0 Å². The molecule has 1 atom stereocenters. The van der Waals surface area contributed by atoms with Crippen LogP contribution in [-0.4, -0.2) is 27.5 Å². The normalized spacial score (nSPS) is 15.5. The molecule has 0 N–H and O–H groups in total. The lowest BCUT2D eigenvalue weighted by atomic mass is 9.83. The molecule has 0 aliphatic heterocycles. The number of carbonyl (C=O) groups excluding carboxylic acids is 1. The van der Waals surface area contributed by atoms with Gasteiger partial charge in [-0.3, -0.25) is 4.79 Å². The van der Waals surface area contributed by atoms with Crippen molar-refractivity contribution in [1.82, 2.24) is 0 Å². The average Bonchev–Trinajstić information content (AvgIpc) is 2.32. The van der Waals surface area contributed by atoms with Crippen LogP contribution in [0.3, 0.4) is 0 Å². The van der Waals surface area contributed by atoms with Crippen LogP contribution in [0.25, 0.3) is 0 Å². The van der Waals surface area contributed by atoms with Crippen LogP contribution in [0.1, 0.15) is 41.5 Å². The van der Waals surface area contributed by atoms with Gasteiger partial charge in [-0.25, -0.2) is 0 Å². The number of halogens is 1. The lowest BCUT2D eigenvalue weighted by Crippen LogP contribution is -2.50. The maximum atomic E-state index is 12.3. The van der Waals surface area contributed by atoms with Gasteiger partial charge in [0.15, 0.2) is 8.32 Å². The fraction of sp³-hybridized carbons (Fsp3) is 0.706. The SMILES string of the molecule is C=C(I)/C=C(/C)[C@@H](O[Si](C)(C)C(C)(C)C)C(C)(C)C(=O)OC. The number of carbonyl (C=O) groups is 1. The van der Waals surface area contributed by atoms with Crippen LogP contribution in [0.5, 0.6) is 0 Å². The number of hydrogen-bond donors (Lipinski definition) is 0. The summed E-state index contributed by atoms with van der Waals surface area (Å²) in [7, 11) is -0.611. The molecule has 0 unspecified atom stereocenters. The first kappa shape index (κ1) is 21.9. The van der Waals surface area contributed by atoms with Gasteiger partial charge in [0.2, 0.25) is 0 Å². The van der Waals surface area contributed by atoms with Gasteiger partial charge in [-0.2, -0.15) is 0 Å². The summed E-state index contributed by atoms with van der Waals surface area (Å²) in [5.74, 6) is -0.261. The molecule has 0 bridgehead atoms. The van der Waals surface area contributed by atoms with Crippen LogP contribution in [-0.2, 0) is 14.0 Å². The number of hydrogen-bond acceptors (Lipinski definition) is 3. The van der Waals surface area contributed by atoms with Crippen molar-refractivity contribution >= 4 is 36.9 Å². The van der Waals surface area contributed by atoms with Crippen LogP contribution < -0.4 is 0 Å². The van der Waals surface area contributed by atoms with Gasteiger partial charge in [0.1, 0.15) is 0 Å². The zero-order chi connectivity index (χ0) is 17.9. The Kier molecular flexibility index (Phi) is 7.57. The Bertz CT molecular complexity index is 459. The van der Waals surface area contributed by atoms with Gasteiger partial charge in [-0.1, -0.05) is 27.4 Å². The van der Waals surface area contributed by atoms with Gasteiger partial charge in [0, 0.05) is 3.58 Å². The standard InChI is InChI=1S/C17H31IO3Si/c1-12(11-13(2)18)14(17(6,7)15(19)20-8)21-22(9,10)16(3,4)5/h11,14H,2H2,1,3-10H3/b12-11-/t14-/m1/s1. The Hall–Kier alpha value is -0.143. The fourth-order valence-corrected chi connectivity index (χ4v) is 3.89. The number of allylic oxidation sites excluding steroid dienone is 2. The molecule has 0 aliphatic carbocycles. The highest BCUT2D eigenvalue weighted by molar-refractivity contribution is 14.1. The third-order valence-corrected chi connectivity index (χ3v) is 9.13. The number of esters is 1. The summed E-state index contributed by atoms with van der Waals surface area (Å²) in [5.41, 5.74) is 0.247. The second-order valence-corrected chi connectivity index (χ2v) is 13.9. The van der Waals surface area contributed by atoms with Crippen LogP contribution >= 0.6 is 22.6 Å². The van der Waals surface area contributed by atoms with Crippen molar-refractivity contribution in [2.75, 3.05) is 7.11 Å². The number of rotatable bonds is 6. The molecule has 0 saturated carbocycles. The van der Waals surface area contributed by atoms with E-state index in [1.165, 1.54) is 7.11 Å². The first-order valence-electron chi connectivity index (χ1n) is 7.45. The summed E-state index contributed by atoms with van der Waals surface area (Å²) in [6.45, 7) is 20.6. The van der Waals surface area contributed by atoms with Gasteiger partial charge in [-0.15, -0.1) is 0 Å². The Labute approximate surface area is 150 Å². The first-order chi connectivity index (χ1) is 9.66. The van der Waals surface area contributed by atoms with E-state index in [0.717, 1.165) is 9.15 Å². The van der Waals surface area contributed by atoms with E-state index in [0.29, 0.717) is 0 Å². The van der Waals surface area contributed by atoms with Crippen molar-refractivity contribution in [3.63, 3.8) is 0 Å². The molecule has 0 fully saturated rings. The Morgan fingerprint density at radius 2 is 1.68 bits per heavy atom. The molecule has 0 aromatic heterocycles. The number of ether oxygens (including phenoxy) is 1. The maximum Gasteiger partial charge on any atom is 0.314 e. The minimum atomic E-state index is -2.03. The molecule has 0 spiro atoms. The molecule has 3 nitrogen and oxygen atoms in total. The Morgan fingerprint density at radius 3 is 2.00 bits per heavy atom. The lowest BCUT2D eigenvalue weighted by molar-refractivity contribution is -0.155. The summed E-state index contributed by atoms with van der Waals surface area (Å²) in [6.07, 6.45) is 1.65. The largest absolute Gasteiger partial charge is 0.469 e. The molecule has 0 radical (unpaired) electrons. The molecule has 0 amide bonds. The van der Waals surface area contributed by atoms with Crippen molar-refractivity contribution in [2.24, 2.45) is 5.41 Å². The van der Waals surface area contributed by atoms with Crippen LogP contribution in [0.4, 0.5) is 0 Å². The molecule has 0 aromatic carbocycles. The summed E-state index contributed by atoms with van der Waals surface area (Å²) >= 11 is 2.17. The molecule has 0 aromatic rings. The molecular weight excluding hydrogens is 407 g/mol. The Balaban J connectivity index is 5.85. The van der Waals surface area contributed by atoms with E-state index in [1.54, 1.807) is 0 Å². The van der Waals surface area contributed by atoms with Gasteiger partial charge < -0.3 is 9.16 Å². The highest BCUT2D eigenvalue weighted by Gasteiger charge is 2.46. The van der Waals surface area contributed by atoms with E-state index in [2.05, 4.69) is 63.0 Å². The molecular formula is C17H31IO3Si. The topological polar surface area (TPSA) is 35.5 Å². The second kappa shape index (κ2) is 7.62. The first-order valence-corrected chi connectivity index (χ1v) is 11.4. The third-order valence-electron chi connectivity index (χ3n) is 4.38. The highest BCUT2D eigenvalue weighted by Crippen LogP contribution is 2.41. The van der Waals surface area contributed by atoms with Crippen molar-refractivity contribution in [2.45, 2.75) is 65.8 Å². The smallest absolute Gasteiger partial charge is 0.314 e. The van der Waals surface area contributed by atoms with Crippen molar-refractivity contribution in [3.05, 3.63) is 21.8 Å². The van der Waals surface area contributed by atoms with Gasteiger partial charge >= 0.3 is 5.97 Å². The zero-order valence-electron chi connectivity index (χ0n) is 15.5. The van der Waals surface area contributed by atoms with E-state index in [1.807, 2.05) is 26.8 Å². The summed E-state index contributed by atoms with van der Waals surface area (Å²) in [6, 6.07) is 0. The molecule has 0 rings (SSSR count). The molecule has 5 heteroatoms. The van der Waals surface area contributed by atoms with Gasteiger partial charge in [0.25, 0.3) is 0 Å². The van der Waals surface area contributed by atoms with Crippen molar-refractivity contribution < 1.29 is 14.0 Å².